The molecular formula is C15H18N2O2S. The Morgan fingerprint density at radius 3 is 2.65 bits per heavy atom. The predicted octanol–water partition coefficient (Wildman–Crippen LogP) is 3.80. The number of esters is 1. The van der Waals surface area contributed by atoms with E-state index in [1.165, 1.54) is 0 Å². The number of nitrogens with zero attached hydrogens (tertiary/aromatic N) is 1. The van der Waals surface area contributed by atoms with E-state index in [4.69, 9.17) is 4.74 Å². The fourth-order valence-electron chi connectivity index (χ4n) is 1.82. The predicted molar refractivity (Wildman–Crippen MR) is 81.3 cm³/mol. The van der Waals surface area contributed by atoms with Crippen LogP contribution in [0, 0.1) is 6.92 Å². The zero-order chi connectivity index (χ0) is 14.5. The van der Waals surface area contributed by atoms with Crippen molar-refractivity contribution in [3.8, 4) is 0 Å². The van der Waals surface area contributed by atoms with E-state index in [9.17, 15) is 4.79 Å². The quantitative estimate of drug-likeness (QED) is 0.851. The molecule has 0 fully saturated rings. The van der Waals surface area contributed by atoms with Gasteiger partial charge in [0.2, 0.25) is 0 Å². The minimum atomic E-state index is -0.290. The second kappa shape index (κ2) is 6.52. The fraction of sp³-hybridized carbons (Fsp3) is 0.333. The number of rotatable bonds is 5. The SMILES string of the molecule is CCOC(=O)c1ccc(NC(C)c2csc(C)n2)cc1. The minimum absolute atomic E-state index is 0.133. The molecule has 20 heavy (non-hydrogen) atoms. The third-order valence-electron chi connectivity index (χ3n) is 2.86. The maximum atomic E-state index is 11.6. The van der Waals surface area contributed by atoms with Gasteiger partial charge in [0, 0.05) is 11.1 Å². The van der Waals surface area contributed by atoms with Crippen LogP contribution in [-0.4, -0.2) is 17.6 Å². The van der Waals surface area contributed by atoms with E-state index in [1.807, 2.05) is 19.1 Å². The van der Waals surface area contributed by atoms with Crippen LogP contribution in [0.5, 0.6) is 0 Å². The number of carbonyl (C=O) groups excluding carboxylic acids is 1. The summed E-state index contributed by atoms with van der Waals surface area (Å²) in [5, 5.41) is 6.48. The summed E-state index contributed by atoms with van der Waals surface area (Å²) < 4.78 is 4.95. The number of nitrogens with one attached hydrogen (secondary N) is 1. The molecule has 0 saturated heterocycles. The molecule has 1 unspecified atom stereocenters. The number of benzene rings is 1. The smallest absolute Gasteiger partial charge is 0.338 e. The molecule has 106 valence electrons. The Bertz CT molecular complexity index is 578. The van der Waals surface area contributed by atoms with Crippen molar-refractivity contribution in [2.75, 3.05) is 11.9 Å². The summed E-state index contributed by atoms with van der Waals surface area (Å²) in [6, 6.07) is 7.41. The molecule has 0 aliphatic carbocycles. The molecule has 1 aromatic heterocycles. The summed E-state index contributed by atoms with van der Waals surface area (Å²) in [5.41, 5.74) is 2.55. The van der Waals surface area contributed by atoms with Gasteiger partial charge in [-0.25, -0.2) is 9.78 Å². The van der Waals surface area contributed by atoms with Crippen LogP contribution in [0.15, 0.2) is 29.6 Å². The van der Waals surface area contributed by atoms with Crippen LogP contribution in [0.25, 0.3) is 0 Å². The van der Waals surface area contributed by atoms with E-state index in [-0.39, 0.29) is 12.0 Å². The molecule has 0 radical (unpaired) electrons. The Hall–Kier alpha value is -1.88. The minimum Gasteiger partial charge on any atom is -0.462 e. The molecule has 5 heteroatoms. The summed E-state index contributed by atoms with van der Waals surface area (Å²) in [6.45, 7) is 6.24. The van der Waals surface area contributed by atoms with Gasteiger partial charge in [0.1, 0.15) is 0 Å². The van der Waals surface area contributed by atoms with Crippen molar-refractivity contribution in [3.05, 3.63) is 45.9 Å². The van der Waals surface area contributed by atoms with Gasteiger partial charge in [-0.1, -0.05) is 0 Å². The van der Waals surface area contributed by atoms with E-state index in [0.29, 0.717) is 12.2 Å². The van der Waals surface area contributed by atoms with Crippen LogP contribution in [0.1, 0.15) is 40.9 Å². The first-order valence-electron chi connectivity index (χ1n) is 6.56. The number of hydrogen-bond acceptors (Lipinski definition) is 5. The van der Waals surface area contributed by atoms with Crippen LogP contribution in [-0.2, 0) is 4.74 Å². The highest BCUT2D eigenvalue weighted by Crippen LogP contribution is 2.21. The number of aryl methyl sites for hydroxylation is 1. The van der Waals surface area contributed by atoms with Crippen LogP contribution in [0.4, 0.5) is 5.69 Å². The van der Waals surface area contributed by atoms with E-state index < -0.39 is 0 Å². The van der Waals surface area contributed by atoms with Gasteiger partial charge in [0.15, 0.2) is 0 Å². The van der Waals surface area contributed by atoms with Crippen LogP contribution < -0.4 is 5.32 Å². The molecule has 0 amide bonds. The molecule has 2 aromatic rings. The summed E-state index contributed by atoms with van der Waals surface area (Å²) in [5.74, 6) is -0.290. The molecule has 2 rings (SSSR count). The zero-order valence-electron chi connectivity index (χ0n) is 11.8. The Balaban J connectivity index is 2.01. The molecule has 1 atom stereocenters. The summed E-state index contributed by atoms with van der Waals surface area (Å²) >= 11 is 1.64. The average molecular weight is 290 g/mol. The Kier molecular flexibility index (Phi) is 4.74. The Morgan fingerprint density at radius 1 is 1.40 bits per heavy atom. The lowest BCUT2D eigenvalue weighted by Crippen LogP contribution is -2.08. The van der Waals surface area contributed by atoms with Gasteiger partial charge in [-0.3, -0.25) is 0 Å². The van der Waals surface area contributed by atoms with E-state index in [1.54, 1.807) is 30.4 Å². The largest absolute Gasteiger partial charge is 0.462 e. The second-order valence-electron chi connectivity index (χ2n) is 4.46. The number of aromatic nitrogens is 1. The van der Waals surface area contributed by atoms with Crippen molar-refractivity contribution in [3.63, 3.8) is 0 Å². The molecule has 1 aromatic carbocycles. The highest BCUT2D eigenvalue weighted by atomic mass is 32.1. The number of ether oxygens (including phenoxy) is 1. The molecule has 0 saturated carbocycles. The maximum absolute atomic E-state index is 11.6. The summed E-state index contributed by atoms with van der Waals surface area (Å²) in [6.07, 6.45) is 0. The highest BCUT2D eigenvalue weighted by Gasteiger charge is 2.10. The lowest BCUT2D eigenvalue weighted by atomic mass is 10.2. The second-order valence-corrected chi connectivity index (χ2v) is 5.52. The molecule has 4 nitrogen and oxygen atoms in total. The van der Waals surface area contributed by atoms with Gasteiger partial charge in [-0.2, -0.15) is 0 Å². The molecule has 0 aliphatic rings. The maximum Gasteiger partial charge on any atom is 0.338 e. The molecule has 1 N–H and O–H groups in total. The number of hydrogen-bond donors (Lipinski definition) is 1. The standard InChI is InChI=1S/C15H18N2O2S/c1-4-19-15(18)12-5-7-13(8-6-12)16-10(2)14-9-20-11(3)17-14/h5-10,16H,4H2,1-3H3. The van der Waals surface area contributed by atoms with Gasteiger partial charge in [0.05, 0.1) is 28.9 Å². The van der Waals surface area contributed by atoms with Crippen molar-refractivity contribution in [2.45, 2.75) is 26.8 Å². The van der Waals surface area contributed by atoms with Gasteiger partial charge in [-0.05, 0) is 45.0 Å². The van der Waals surface area contributed by atoms with Crippen molar-refractivity contribution >= 4 is 23.0 Å². The molecule has 1 heterocycles. The first kappa shape index (κ1) is 14.5. The molecule has 0 aliphatic heterocycles. The average Bonchev–Trinajstić information content (AvgIpc) is 2.86. The highest BCUT2D eigenvalue weighted by molar-refractivity contribution is 7.09. The van der Waals surface area contributed by atoms with Crippen molar-refractivity contribution < 1.29 is 9.53 Å². The summed E-state index contributed by atoms with van der Waals surface area (Å²) in [7, 11) is 0. The van der Waals surface area contributed by atoms with Crippen molar-refractivity contribution in [1.29, 1.82) is 0 Å². The van der Waals surface area contributed by atoms with Crippen LogP contribution in [0.2, 0.25) is 0 Å². The van der Waals surface area contributed by atoms with Gasteiger partial charge in [0.25, 0.3) is 0 Å². The summed E-state index contributed by atoms with van der Waals surface area (Å²) in [4.78, 5) is 16.0. The van der Waals surface area contributed by atoms with Crippen LogP contribution >= 0.6 is 11.3 Å². The number of anilines is 1. The molecule has 0 bridgehead atoms. The first-order valence-corrected chi connectivity index (χ1v) is 7.44. The number of carbonyl (C=O) groups is 1. The molecular weight excluding hydrogens is 272 g/mol. The van der Waals surface area contributed by atoms with Crippen molar-refractivity contribution in [1.82, 2.24) is 4.98 Å². The third kappa shape index (κ3) is 3.57. The number of thiazole rings is 1. The van der Waals surface area contributed by atoms with Crippen molar-refractivity contribution in [2.24, 2.45) is 0 Å². The third-order valence-corrected chi connectivity index (χ3v) is 3.65. The van der Waals surface area contributed by atoms with Gasteiger partial charge in [-0.15, -0.1) is 11.3 Å². The van der Waals surface area contributed by atoms with E-state index in [2.05, 4.69) is 22.6 Å². The lowest BCUT2D eigenvalue weighted by molar-refractivity contribution is 0.0526. The Morgan fingerprint density at radius 2 is 2.10 bits per heavy atom. The van der Waals surface area contributed by atoms with E-state index in [0.717, 1.165) is 16.4 Å². The van der Waals surface area contributed by atoms with Crippen LogP contribution in [0.3, 0.4) is 0 Å². The van der Waals surface area contributed by atoms with E-state index >= 15 is 0 Å². The zero-order valence-corrected chi connectivity index (χ0v) is 12.7. The Labute approximate surface area is 122 Å². The normalized spacial score (nSPS) is 11.9. The monoisotopic (exact) mass is 290 g/mol. The molecule has 0 spiro atoms. The van der Waals surface area contributed by atoms with Gasteiger partial charge >= 0.3 is 5.97 Å². The fourth-order valence-corrected chi connectivity index (χ4v) is 2.53. The lowest BCUT2D eigenvalue weighted by Gasteiger charge is -2.13. The first-order chi connectivity index (χ1) is 9.60. The topological polar surface area (TPSA) is 51.2 Å². The van der Waals surface area contributed by atoms with Gasteiger partial charge < -0.3 is 10.1 Å².